The lowest BCUT2D eigenvalue weighted by molar-refractivity contribution is 0.288. The summed E-state index contributed by atoms with van der Waals surface area (Å²) in [6.07, 6.45) is 6.07. The first-order chi connectivity index (χ1) is 19.7. The summed E-state index contributed by atoms with van der Waals surface area (Å²) in [5, 5.41) is 2.64. The molecule has 0 aliphatic heterocycles. The van der Waals surface area contributed by atoms with Crippen molar-refractivity contribution < 1.29 is 23.4 Å². The van der Waals surface area contributed by atoms with Crippen LogP contribution in [0.2, 0.25) is 5.04 Å². The van der Waals surface area contributed by atoms with E-state index in [-0.39, 0.29) is 5.04 Å². The van der Waals surface area contributed by atoms with Gasteiger partial charge in [0.25, 0.3) is 8.32 Å². The molecule has 6 heteroatoms. The highest BCUT2D eigenvalue weighted by Crippen LogP contribution is 2.49. The summed E-state index contributed by atoms with van der Waals surface area (Å²) < 4.78 is 29.7. The summed E-state index contributed by atoms with van der Waals surface area (Å²) in [4.78, 5) is 0. The molecule has 222 valence electrons. The molecule has 0 N–H and O–H groups in total. The summed E-state index contributed by atoms with van der Waals surface area (Å²) in [7, 11) is 4.05. The van der Waals surface area contributed by atoms with Crippen molar-refractivity contribution >= 4 is 18.7 Å². The highest BCUT2D eigenvalue weighted by atomic mass is 28.4. The summed E-state index contributed by atoms with van der Waals surface area (Å²) in [6.45, 7) is 11.9. The lowest BCUT2D eigenvalue weighted by Crippen LogP contribution is -2.66. The van der Waals surface area contributed by atoms with E-state index in [1.54, 1.807) is 28.4 Å². The van der Waals surface area contributed by atoms with Gasteiger partial charge in [-0.15, -0.1) is 0 Å². The van der Waals surface area contributed by atoms with Crippen LogP contribution < -0.4 is 29.3 Å². The van der Waals surface area contributed by atoms with Gasteiger partial charge in [0.1, 0.15) is 0 Å². The molecule has 0 aromatic heterocycles. The van der Waals surface area contributed by atoms with Crippen molar-refractivity contribution in [1.82, 2.24) is 0 Å². The Morgan fingerprint density at radius 2 is 1.20 bits per heavy atom. The minimum absolute atomic E-state index is 0.0110. The van der Waals surface area contributed by atoms with E-state index in [1.807, 2.05) is 6.92 Å². The Kier molecular flexibility index (Phi) is 11.5. The predicted molar refractivity (Wildman–Crippen MR) is 172 cm³/mol. The minimum atomic E-state index is -2.49. The van der Waals surface area contributed by atoms with Crippen LogP contribution in [0.25, 0.3) is 0 Å². The quantitative estimate of drug-likeness (QED) is 0.115. The molecule has 3 aromatic carbocycles. The standard InChI is InChI=1S/C35H48O5Si/c1-26(23-24-30-27(2)31(36-6)33(38-8)34(39-9)32(30)37-7)18-16-17-25-40-41(35(3,4)5,28-19-12-10-13-20-28)29-21-14-11-15-22-29/h10-15,19-23H,16-18,24-25H2,1-9H3/b26-23+. The van der Waals surface area contributed by atoms with E-state index >= 15 is 0 Å². The van der Waals surface area contributed by atoms with Crippen molar-refractivity contribution in [3.05, 3.63) is 83.4 Å². The molecule has 0 saturated carbocycles. The third-order valence-electron chi connectivity index (χ3n) is 7.86. The Morgan fingerprint density at radius 3 is 1.66 bits per heavy atom. The normalized spacial score (nSPS) is 12.3. The highest BCUT2D eigenvalue weighted by Gasteiger charge is 2.49. The van der Waals surface area contributed by atoms with Crippen molar-refractivity contribution in [2.24, 2.45) is 0 Å². The Morgan fingerprint density at radius 1 is 0.707 bits per heavy atom. The van der Waals surface area contributed by atoms with Crippen molar-refractivity contribution in [3.63, 3.8) is 0 Å². The molecule has 0 aliphatic carbocycles. The lowest BCUT2D eigenvalue weighted by atomic mass is 9.99. The fraction of sp³-hybridized carbons (Fsp3) is 0.429. The van der Waals surface area contributed by atoms with Gasteiger partial charge in [-0.3, -0.25) is 0 Å². The van der Waals surface area contributed by atoms with Crippen LogP contribution in [0.3, 0.4) is 0 Å². The number of hydrogen-bond acceptors (Lipinski definition) is 5. The van der Waals surface area contributed by atoms with Crippen LogP contribution in [-0.4, -0.2) is 43.4 Å². The summed E-state index contributed by atoms with van der Waals surface area (Å²) in [5.41, 5.74) is 3.37. The van der Waals surface area contributed by atoms with Gasteiger partial charge in [0.15, 0.2) is 11.5 Å². The van der Waals surface area contributed by atoms with Crippen molar-refractivity contribution in [2.75, 3.05) is 35.0 Å². The van der Waals surface area contributed by atoms with Gasteiger partial charge < -0.3 is 23.4 Å². The third kappa shape index (κ3) is 6.99. The van der Waals surface area contributed by atoms with E-state index in [9.17, 15) is 0 Å². The van der Waals surface area contributed by atoms with Gasteiger partial charge in [-0.25, -0.2) is 0 Å². The molecule has 0 aliphatic rings. The second-order valence-corrected chi connectivity index (χ2v) is 15.8. The van der Waals surface area contributed by atoms with Gasteiger partial charge in [-0.05, 0) is 54.9 Å². The zero-order valence-electron chi connectivity index (χ0n) is 26.4. The Balaban J connectivity index is 1.73. The minimum Gasteiger partial charge on any atom is -0.492 e. The van der Waals surface area contributed by atoms with Crippen LogP contribution in [0.1, 0.15) is 58.1 Å². The number of benzene rings is 3. The Bertz CT molecular complexity index is 1240. The maximum absolute atomic E-state index is 7.06. The molecular formula is C35H48O5Si. The molecule has 41 heavy (non-hydrogen) atoms. The van der Waals surface area contributed by atoms with Crippen molar-refractivity contribution in [3.8, 4) is 23.0 Å². The molecular weight excluding hydrogens is 528 g/mol. The molecule has 0 saturated heterocycles. The van der Waals surface area contributed by atoms with E-state index in [2.05, 4.69) is 94.4 Å². The highest BCUT2D eigenvalue weighted by molar-refractivity contribution is 6.99. The van der Waals surface area contributed by atoms with Gasteiger partial charge in [-0.1, -0.05) is 93.1 Å². The second-order valence-electron chi connectivity index (χ2n) is 11.5. The first-order valence-corrected chi connectivity index (χ1v) is 16.3. The zero-order chi connectivity index (χ0) is 30.0. The van der Waals surface area contributed by atoms with Gasteiger partial charge in [0.05, 0.1) is 28.4 Å². The molecule has 0 heterocycles. The van der Waals surface area contributed by atoms with Gasteiger partial charge >= 0.3 is 0 Å². The number of ether oxygens (including phenoxy) is 4. The van der Waals surface area contributed by atoms with E-state index in [0.29, 0.717) is 23.0 Å². The summed E-state index contributed by atoms with van der Waals surface area (Å²) >= 11 is 0. The van der Waals surface area contributed by atoms with Gasteiger partial charge in [0, 0.05) is 17.7 Å². The average molecular weight is 577 g/mol. The van der Waals surface area contributed by atoms with Crippen LogP contribution in [0.15, 0.2) is 72.3 Å². The van der Waals surface area contributed by atoms with Gasteiger partial charge in [0.2, 0.25) is 11.5 Å². The van der Waals surface area contributed by atoms with Crippen LogP contribution in [-0.2, 0) is 10.8 Å². The Labute approximate surface area is 248 Å². The maximum atomic E-state index is 7.06. The van der Waals surface area contributed by atoms with Crippen molar-refractivity contribution in [1.29, 1.82) is 0 Å². The molecule has 0 amide bonds. The SMILES string of the molecule is COc1c(C)c(C/C=C(\C)CCCCO[Si](c2ccccc2)(c2ccccc2)C(C)(C)C)c(OC)c(OC)c1OC. The van der Waals surface area contributed by atoms with Gasteiger partial charge in [-0.2, -0.15) is 0 Å². The second kappa shape index (κ2) is 14.6. The van der Waals surface area contributed by atoms with Crippen molar-refractivity contribution in [2.45, 2.75) is 65.3 Å². The molecule has 0 radical (unpaired) electrons. The molecule has 3 aromatic rings. The van der Waals surface area contributed by atoms with E-state index in [4.69, 9.17) is 23.4 Å². The average Bonchev–Trinajstić information content (AvgIpc) is 2.97. The fourth-order valence-corrected chi connectivity index (χ4v) is 10.4. The molecule has 5 nitrogen and oxygen atoms in total. The summed E-state index contributed by atoms with van der Waals surface area (Å²) in [5.74, 6) is 2.46. The molecule has 3 rings (SSSR count). The van der Waals surface area contributed by atoms with E-state index in [1.165, 1.54) is 15.9 Å². The molecule has 0 unspecified atom stereocenters. The number of unbranched alkanes of at least 4 members (excludes halogenated alkanes) is 1. The number of allylic oxidation sites excluding steroid dienone is 2. The van der Waals surface area contributed by atoms with Crippen LogP contribution >= 0.6 is 0 Å². The Hall–Kier alpha value is -3.22. The van der Waals surface area contributed by atoms with Crippen LogP contribution in [0.5, 0.6) is 23.0 Å². The number of rotatable bonds is 14. The molecule has 0 atom stereocenters. The fourth-order valence-electron chi connectivity index (χ4n) is 5.77. The molecule has 0 fully saturated rings. The topological polar surface area (TPSA) is 46.2 Å². The lowest BCUT2D eigenvalue weighted by Gasteiger charge is -2.43. The zero-order valence-corrected chi connectivity index (χ0v) is 27.4. The third-order valence-corrected chi connectivity index (χ3v) is 12.9. The van der Waals surface area contributed by atoms with Crippen LogP contribution in [0, 0.1) is 6.92 Å². The first kappa shape index (κ1) is 32.3. The summed E-state index contributed by atoms with van der Waals surface area (Å²) in [6, 6.07) is 21.7. The largest absolute Gasteiger partial charge is 0.492 e. The number of hydrogen-bond donors (Lipinski definition) is 0. The van der Waals surface area contributed by atoms with Crippen LogP contribution in [0.4, 0.5) is 0 Å². The number of methoxy groups -OCH3 is 4. The monoisotopic (exact) mass is 576 g/mol. The maximum Gasteiger partial charge on any atom is 0.261 e. The van der Waals surface area contributed by atoms with E-state index in [0.717, 1.165) is 43.4 Å². The predicted octanol–water partition coefficient (Wildman–Crippen LogP) is 7.27. The smallest absolute Gasteiger partial charge is 0.261 e. The molecule has 0 bridgehead atoms. The van der Waals surface area contributed by atoms with E-state index < -0.39 is 8.32 Å². The first-order valence-electron chi connectivity index (χ1n) is 14.4. The molecule has 0 spiro atoms.